The molecule has 0 bridgehead atoms. The maximum Gasteiger partial charge on any atom is 0.276 e. The third-order valence-corrected chi connectivity index (χ3v) is 5.24. The molecule has 0 fully saturated rings. The smallest absolute Gasteiger partial charge is 0.276 e. The summed E-state index contributed by atoms with van der Waals surface area (Å²) in [7, 11) is 0. The van der Waals surface area contributed by atoms with Crippen molar-refractivity contribution in [3.05, 3.63) is 88.2 Å². The summed E-state index contributed by atoms with van der Waals surface area (Å²) in [4.78, 5) is 37.5. The number of carbonyl (C=O) groups excluding carboxylic acids is 1. The molecule has 0 radical (unpaired) electrons. The Balaban J connectivity index is 1.45. The number of aromatic amines is 1. The van der Waals surface area contributed by atoms with Gasteiger partial charge in [0.25, 0.3) is 11.5 Å². The number of rotatable bonds is 4. The molecular formula is C21H15ClN8O2. The fourth-order valence-corrected chi connectivity index (χ4v) is 3.69. The molecule has 2 N–H and O–H groups in total. The van der Waals surface area contributed by atoms with Crippen LogP contribution in [0.5, 0.6) is 0 Å². The third-order valence-electron chi connectivity index (χ3n) is 4.96. The van der Waals surface area contributed by atoms with E-state index in [4.69, 9.17) is 11.6 Å². The van der Waals surface area contributed by atoms with Gasteiger partial charge in [-0.1, -0.05) is 17.7 Å². The molecule has 0 spiro atoms. The summed E-state index contributed by atoms with van der Waals surface area (Å²) in [5.74, 6) is -0.0665. The Labute approximate surface area is 185 Å². The minimum absolute atomic E-state index is 0.182. The quantitative estimate of drug-likeness (QED) is 0.437. The second-order valence-electron chi connectivity index (χ2n) is 6.90. The number of carbonyl (C=O) groups is 1. The first kappa shape index (κ1) is 19.6. The minimum atomic E-state index is -0.415. The first-order valence-electron chi connectivity index (χ1n) is 9.51. The van der Waals surface area contributed by atoms with Gasteiger partial charge < -0.3 is 14.9 Å². The number of imidazole rings is 1. The Morgan fingerprint density at radius 2 is 1.94 bits per heavy atom. The highest BCUT2D eigenvalue weighted by atomic mass is 35.5. The summed E-state index contributed by atoms with van der Waals surface area (Å²) >= 11 is 6.27. The van der Waals surface area contributed by atoms with E-state index >= 15 is 0 Å². The number of benzene rings is 1. The number of fused-ring (bicyclic) bond motifs is 1. The van der Waals surface area contributed by atoms with Gasteiger partial charge in [-0.3, -0.25) is 9.59 Å². The Bertz CT molecular complexity index is 1520. The Kier molecular flexibility index (Phi) is 4.75. The fourth-order valence-electron chi connectivity index (χ4n) is 3.45. The van der Waals surface area contributed by atoms with Gasteiger partial charge in [-0.15, -0.1) is 4.80 Å². The number of anilines is 1. The van der Waals surface area contributed by atoms with E-state index in [2.05, 4.69) is 30.5 Å². The van der Waals surface area contributed by atoms with Crippen molar-refractivity contribution < 1.29 is 4.79 Å². The van der Waals surface area contributed by atoms with Gasteiger partial charge in [0, 0.05) is 17.0 Å². The van der Waals surface area contributed by atoms with E-state index in [1.54, 1.807) is 42.2 Å². The van der Waals surface area contributed by atoms with Crippen LogP contribution in [0.15, 0.2) is 66.2 Å². The number of nitrogens with one attached hydrogen (secondary N) is 2. The molecule has 1 amide bonds. The molecule has 0 saturated carbocycles. The van der Waals surface area contributed by atoms with Crippen molar-refractivity contribution in [1.82, 2.24) is 34.5 Å². The molecule has 0 aliphatic heterocycles. The van der Waals surface area contributed by atoms with E-state index in [-0.39, 0.29) is 16.3 Å². The molecule has 5 aromatic rings. The van der Waals surface area contributed by atoms with Gasteiger partial charge in [0.1, 0.15) is 12.0 Å². The molecule has 10 nitrogen and oxygen atoms in total. The largest absolute Gasteiger partial charge is 0.329 e. The maximum absolute atomic E-state index is 12.9. The second-order valence-corrected chi connectivity index (χ2v) is 7.30. The molecular weight excluding hydrogens is 432 g/mol. The Hall–Kier alpha value is -4.31. The van der Waals surface area contributed by atoms with Crippen molar-refractivity contribution >= 4 is 34.0 Å². The van der Waals surface area contributed by atoms with Crippen LogP contribution >= 0.6 is 11.6 Å². The Morgan fingerprint density at radius 3 is 2.72 bits per heavy atom. The van der Waals surface area contributed by atoms with Crippen LogP contribution in [0.1, 0.15) is 16.2 Å². The van der Waals surface area contributed by atoms with Gasteiger partial charge >= 0.3 is 0 Å². The summed E-state index contributed by atoms with van der Waals surface area (Å²) in [5.41, 5.74) is 1.82. The van der Waals surface area contributed by atoms with E-state index in [0.717, 1.165) is 11.1 Å². The highest BCUT2D eigenvalue weighted by Crippen LogP contribution is 2.24. The van der Waals surface area contributed by atoms with Gasteiger partial charge in [-0.2, -0.15) is 10.2 Å². The summed E-state index contributed by atoms with van der Waals surface area (Å²) in [6.07, 6.45) is 7.63. The van der Waals surface area contributed by atoms with Gasteiger partial charge in [0.15, 0.2) is 5.82 Å². The number of pyridine rings is 2. The molecule has 32 heavy (non-hydrogen) atoms. The highest BCUT2D eigenvalue weighted by molar-refractivity contribution is 6.32. The normalized spacial score (nSPS) is 11.1. The summed E-state index contributed by atoms with van der Waals surface area (Å²) < 4.78 is 1.77. The molecule has 4 aromatic heterocycles. The molecule has 4 heterocycles. The van der Waals surface area contributed by atoms with Crippen LogP contribution < -0.4 is 10.9 Å². The number of hydrogen-bond donors (Lipinski definition) is 2. The van der Waals surface area contributed by atoms with Crippen LogP contribution in [-0.4, -0.2) is 40.4 Å². The number of amides is 1. The predicted octanol–water partition coefficient (Wildman–Crippen LogP) is 2.90. The average Bonchev–Trinajstić information content (AvgIpc) is 3.44. The van der Waals surface area contributed by atoms with Crippen LogP contribution in [-0.2, 0) is 0 Å². The van der Waals surface area contributed by atoms with Gasteiger partial charge in [0.2, 0.25) is 0 Å². The van der Waals surface area contributed by atoms with Gasteiger partial charge in [-0.05, 0) is 31.2 Å². The molecule has 0 unspecified atom stereocenters. The first-order valence-corrected chi connectivity index (χ1v) is 9.89. The van der Waals surface area contributed by atoms with Gasteiger partial charge in [-0.25, -0.2) is 9.97 Å². The minimum Gasteiger partial charge on any atom is -0.329 e. The lowest BCUT2D eigenvalue weighted by molar-refractivity contribution is 0.102. The van der Waals surface area contributed by atoms with Crippen molar-refractivity contribution in [3.8, 4) is 11.5 Å². The molecule has 0 aliphatic carbocycles. The monoisotopic (exact) mass is 446 g/mol. The van der Waals surface area contributed by atoms with Crippen LogP contribution in [0.2, 0.25) is 5.02 Å². The van der Waals surface area contributed by atoms with Crippen molar-refractivity contribution in [3.63, 3.8) is 0 Å². The number of nitrogens with zero attached hydrogens (tertiary/aromatic N) is 6. The summed E-state index contributed by atoms with van der Waals surface area (Å²) in [5, 5.41) is 12.3. The van der Waals surface area contributed by atoms with Crippen molar-refractivity contribution in [2.45, 2.75) is 6.92 Å². The van der Waals surface area contributed by atoms with Crippen molar-refractivity contribution in [2.75, 3.05) is 5.32 Å². The number of halogens is 1. The van der Waals surface area contributed by atoms with E-state index in [1.807, 2.05) is 12.1 Å². The highest BCUT2D eigenvalue weighted by Gasteiger charge is 2.18. The lowest BCUT2D eigenvalue weighted by atomic mass is 10.1. The first-order chi connectivity index (χ1) is 15.5. The van der Waals surface area contributed by atoms with Crippen molar-refractivity contribution in [2.24, 2.45) is 0 Å². The van der Waals surface area contributed by atoms with Crippen LogP contribution in [0.4, 0.5) is 5.69 Å². The van der Waals surface area contributed by atoms with Gasteiger partial charge in [0.05, 0.1) is 40.7 Å². The molecule has 0 saturated heterocycles. The molecule has 158 valence electrons. The fraction of sp³-hybridized carbons (Fsp3) is 0.0476. The van der Waals surface area contributed by atoms with Crippen LogP contribution in [0, 0.1) is 6.92 Å². The molecule has 0 aliphatic rings. The Morgan fingerprint density at radius 1 is 1.12 bits per heavy atom. The standard InChI is InChI=1S/C21H15ClN8O2/c1-12-18(21(32)28-13-9-16(22)19(24-10-13)30-26-7-8-27-30)25-11-29(12)17-4-2-3-15-14(17)5-6-23-20(15)31/h2-11H,1H3,(H,23,31)(H,28,32). The molecule has 11 heteroatoms. The maximum atomic E-state index is 12.9. The lowest BCUT2D eigenvalue weighted by Crippen LogP contribution is -2.15. The zero-order valence-corrected chi connectivity index (χ0v) is 17.4. The third kappa shape index (κ3) is 3.32. The zero-order valence-electron chi connectivity index (χ0n) is 16.7. The summed E-state index contributed by atoms with van der Waals surface area (Å²) in [6.45, 7) is 1.78. The van der Waals surface area contributed by atoms with E-state index in [9.17, 15) is 9.59 Å². The number of H-pyrrole nitrogens is 1. The number of hydrogen-bond acceptors (Lipinski definition) is 6. The zero-order chi connectivity index (χ0) is 22.2. The van der Waals surface area contributed by atoms with E-state index in [0.29, 0.717) is 22.6 Å². The van der Waals surface area contributed by atoms with E-state index in [1.165, 1.54) is 23.4 Å². The summed E-state index contributed by atoms with van der Waals surface area (Å²) in [6, 6.07) is 8.78. The average molecular weight is 447 g/mol. The lowest BCUT2D eigenvalue weighted by Gasteiger charge is -2.10. The van der Waals surface area contributed by atoms with E-state index < -0.39 is 5.91 Å². The topological polar surface area (TPSA) is 123 Å². The number of aromatic nitrogens is 7. The molecule has 1 aromatic carbocycles. The molecule has 0 atom stereocenters. The second kappa shape index (κ2) is 7.75. The SMILES string of the molecule is Cc1c(C(=O)Nc2cnc(-n3nccn3)c(Cl)c2)ncn1-c1cccc2c(=O)[nH]ccc12. The predicted molar refractivity (Wildman–Crippen MR) is 119 cm³/mol. The van der Waals surface area contributed by atoms with Crippen LogP contribution in [0.25, 0.3) is 22.3 Å². The van der Waals surface area contributed by atoms with Crippen LogP contribution in [0.3, 0.4) is 0 Å². The molecule has 5 rings (SSSR count). The van der Waals surface area contributed by atoms with Crippen molar-refractivity contribution in [1.29, 1.82) is 0 Å².